The zero-order valence-corrected chi connectivity index (χ0v) is 13.9. The molecule has 0 aliphatic rings. The van der Waals surface area contributed by atoms with E-state index in [-0.39, 0.29) is 23.0 Å². The van der Waals surface area contributed by atoms with Gasteiger partial charge in [0, 0.05) is 24.1 Å². The summed E-state index contributed by atoms with van der Waals surface area (Å²) in [5.74, 6) is -0.529. The smallest absolute Gasteiger partial charge is 0.337 e. The monoisotopic (exact) mass is 364 g/mol. The summed E-state index contributed by atoms with van der Waals surface area (Å²) in [6.07, 6.45) is 0. The molecule has 0 bridgehead atoms. The van der Waals surface area contributed by atoms with Gasteiger partial charge in [-0.2, -0.15) is 4.31 Å². The van der Waals surface area contributed by atoms with Gasteiger partial charge in [0.2, 0.25) is 10.0 Å². The van der Waals surface area contributed by atoms with E-state index in [1.54, 1.807) is 6.92 Å². The molecule has 1 aromatic rings. The summed E-state index contributed by atoms with van der Waals surface area (Å²) < 4.78 is 30.9. The third-order valence-corrected chi connectivity index (χ3v) is 5.92. The Morgan fingerprint density at radius 1 is 1.50 bits per heavy atom. The first-order valence-electron chi connectivity index (χ1n) is 5.81. The first-order chi connectivity index (χ1) is 9.25. The quantitative estimate of drug-likeness (QED) is 0.792. The molecule has 0 aromatic heterocycles. The predicted octanol–water partition coefficient (Wildman–Crippen LogP) is 1.20. The molecule has 1 unspecified atom stereocenters. The van der Waals surface area contributed by atoms with E-state index >= 15 is 0 Å². The average molecular weight is 365 g/mol. The summed E-state index contributed by atoms with van der Waals surface area (Å²) in [4.78, 5) is 11.5. The van der Waals surface area contributed by atoms with Crippen LogP contribution in [-0.2, 0) is 14.8 Å². The summed E-state index contributed by atoms with van der Waals surface area (Å²) in [6.45, 7) is 1.93. The van der Waals surface area contributed by atoms with E-state index in [0.29, 0.717) is 4.47 Å². The Balaban J connectivity index is 3.24. The molecule has 0 amide bonds. The van der Waals surface area contributed by atoms with E-state index in [4.69, 9.17) is 5.73 Å². The van der Waals surface area contributed by atoms with Crippen molar-refractivity contribution in [2.75, 3.05) is 20.7 Å². The summed E-state index contributed by atoms with van der Waals surface area (Å²) in [6, 6.07) is 3.86. The van der Waals surface area contributed by atoms with Crippen molar-refractivity contribution in [1.29, 1.82) is 0 Å². The average Bonchev–Trinajstić information content (AvgIpc) is 2.44. The Morgan fingerprint density at radius 3 is 2.55 bits per heavy atom. The van der Waals surface area contributed by atoms with Crippen LogP contribution in [0.3, 0.4) is 0 Å². The van der Waals surface area contributed by atoms with Gasteiger partial charge in [0.25, 0.3) is 0 Å². The summed E-state index contributed by atoms with van der Waals surface area (Å²) in [5.41, 5.74) is 5.76. The molecule has 1 aromatic carbocycles. The van der Waals surface area contributed by atoms with Crippen LogP contribution in [0.1, 0.15) is 17.3 Å². The van der Waals surface area contributed by atoms with E-state index in [1.165, 1.54) is 36.7 Å². The van der Waals surface area contributed by atoms with Gasteiger partial charge in [0.15, 0.2) is 0 Å². The Kier molecular flexibility index (Phi) is 5.69. The lowest BCUT2D eigenvalue weighted by molar-refractivity contribution is 0.0600. The fourth-order valence-electron chi connectivity index (χ4n) is 1.50. The number of hydrogen-bond donors (Lipinski definition) is 1. The molecule has 0 spiro atoms. The Hall–Kier alpha value is -0.960. The van der Waals surface area contributed by atoms with Gasteiger partial charge in [0.05, 0.1) is 17.6 Å². The highest BCUT2D eigenvalue weighted by Crippen LogP contribution is 2.26. The van der Waals surface area contributed by atoms with Gasteiger partial charge in [-0.3, -0.25) is 0 Å². The number of nitrogens with zero attached hydrogens (tertiary/aromatic N) is 1. The van der Waals surface area contributed by atoms with Crippen LogP contribution in [-0.4, -0.2) is 45.4 Å². The van der Waals surface area contributed by atoms with Crippen LogP contribution in [0.15, 0.2) is 27.6 Å². The Labute approximate surface area is 127 Å². The van der Waals surface area contributed by atoms with Gasteiger partial charge in [0.1, 0.15) is 0 Å². The molecular formula is C12H17BrN2O4S. The summed E-state index contributed by atoms with van der Waals surface area (Å²) in [5, 5.41) is 0. The highest BCUT2D eigenvalue weighted by Gasteiger charge is 2.27. The number of methoxy groups -OCH3 is 1. The normalized spacial score (nSPS) is 13.3. The number of ether oxygens (including phenoxy) is 1. The first kappa shape index (κ1) is 17.1. The number of sulfonamides is 1. The Bertz CT molecular complexity index is 603. The molecule has 0 fully saturated rings. The van der Waals surface area contributed by atoms with Gasteiger partial charge in [-0.1, -0.05) is 0 Å². The molecular weight excluding hydrogens is 348 g/mol. The SMILES string of the molecule is COC(=O)c1ccc(S(=O)(=O)N(C)C(C)CN)c(Br)c1. The van der Waals surface area contributed by atoms with Gasteiger partial charge < -0.3 is 10.5 Å². The second-order valence-corrected chi connectivity index (χ2v) is 7.06. The molecule has 20 heavy (non-hydrogen) atoms. The number of benzene rings is 1. The lowest BCUT2D eigenvalue weighted by Gasteiger charge is -2.23. The highest BCUT2D eigenvalue weighted by molar-refractivity contribution is 9.10. The molecule has 0 radical (unpaired) electrons. The molecule has 2 N–H and O–H groups in total. The van der Waals surface area contributed by atoms with Crippen molar-refractivity contribution >= 4 is 31.9 Å². The number of likely N-dealkylation sites (N-methyl/N-ethyl adjacent to an activating group) is 1. The maximum Gasteiger partial charge on any atom is 0.337 e. The number of hydrogen-bond acceptors (Lipinski definition) is 5. The van der Waals surface area contributed by atoms with Crippen LogP contribution < -0.4 is 5.73 Å². The molecule has 6 nitrogen and oxygen atoms in total. The summed E-state index contributed by atoms with van der Waals surface area (Å²) >= 11 is 3.17. The minimum Gasteiger partial charge on any atom is -0.465 e. The van der Waals surface area contributed by atoms with Crippen LogP contribution >= 0.6 is 15.9 Å². The van der Waals surface area contributed by atoms with E-state index < -0.39 is 16.0 Å². The topological polar surface area (TPSA) is 89.7 Å². The molecule has 8 heteroatoms. The van der Waals surface area contributed by atoms with Crippen molar-refractivity contribution in [3.05, 3.63) is 28.2 Å². The number of esters is 1. The second kappa shape index (κ2) is 6.66. The number of nitrogens with two attached hydrogens (primary N) is 1. The standard InChI is InChI=1S/C12H17BrN2O4S/c1-8(7-14)15(2)20(17,18)11-5-4-9(6-10(11)13)12(16)19-3/h4-6,8H,7,14H2,1-3H3. The van der Waals surface area contributed by atoms with E-state index in [9.17, 15) is 13.2 Å². The van der Waals surface area contributed by atoms with Crippen molar-refractivity contribution in [1.82, 2.24) is 4.31 Å². The zero-order valence-electron chi connectivity index (χ0n) is 11.5. The van der Waals surface area contributed by atoms with Gasteiger partial charge in [-0.15, -0.1) is 0 Å². The lowest BCUT2D eigenvalue weighted by atomic mass is 10.2. The first-order valence-corrected chi connectivity index (χ1v) is 8.05. The van der Waals surface area contributed by atoms with Crippen molar-refractivity contribution < 1.29 is 17.9 Å². The van der Waals surface area contributed by atoms with Crippen LogP contribution in [0, 0.1) is 0 Å². The lowest BCUT2D eigenvalue weighted by Crippen LogP contribution is -2.39. The van der Waals surface area contributed by atoms with Crippen molar-refractivity contribution in [2.24, 2.45) is 5.73 Å². The van der Waals surface area contributed by atoms with Crippen LogP contribution in [0.2, 0.25) is 0 Å². The number of carbonyl (C=O) groups is 1. The molecule has 1 atom stereocenters. The minimum absolute atomic E-state index is 0.0768. The third-order valence-electron chi connectivity index (χ3n) is 2.97. The van der Waals surface area contributed by atoms with Crippen LogP contribution in [0.5, 0.6) is 0 Å². The second-order valence-electron chi connectivity index (χ2n) is 4.24. The van der Waals surface area contributed by atoms with Gasteiger partial charge in [-0.05, 0) is 41.1 Å². The molecule has 0 saturated heterocycles. The molecule has 0 saturated carbocycles. The van der Waals surface area contributed by atoms with Crippen LogP contribution in [0.4, 0.5) is 0 Å². The number of halogens is 1. The number of rotatable bonds is 5. The molecule has 0 aliphatic carbocycles. The highest BCUT2D eigenvalue weighted by atomic mass is 79.9. The fraction of sp³-hybridized carbons (Fsp3) is 0.417. The van der Waals surface area contributed by atoms with E-state index in [2.05, 4.69) is 20.7 Å². The molecule has 112 valence electrons. The van der Waals surface area contributed by atoms with Crippen LogP contribution in [0.25, 0.3) is 0 Å². The number of carbonyl (C=O) groups excluding carboxylic acids is 1. The molecule has 1 rings (SSSR count). The minimum atomic E-state index is -3.68. The maximum absolute atomic E-state index is 12.4. The fourth-order valence-corrected chi connectivity index (χ4v) is 3.90. The largest absolute Gasteiger partial charge is 0.465 e. The maximum atomic E-state index is 12.4. The third kappa shape index (κ3) is 3.38. The molecule has 0 heterocycles. The van der Waals surface area contributed by atoms with Crippen molar-refractivity contribution in [3.63, 3.8) is 0 Å². The Morgan fingerprint density at radius 2 is 2.10 bits per heavy atom. The zero-order chi connectivity index (χ0) is 15.5. The van der Waals surface area contributed by atoms with Gasteiger partial charge >= 0.3 is 5.97 Å². The predicted molar refractivity (Wildman–Crippen MR) is 78.9 cm³/mol. The van der Waals surface area contributed by atoms with Gasteiger partial charge in [-0.25, -0.2) is 13.2 Å². The summed E-state index contributed by atoms with van der Waals surface area (Å²) in [7, 11) is -0.949. The molecule has 0 aliphatic heterocycles. The van der Waals surface area contributed by atoms with E-state index in [0.717, 1.165) is 0 Å². The van der Waals surface area contributed by atoms with E-state index in [1.807, 2.05) is 0 Å². The van der Waals surface area contributed by atoms with Crippen molar-refractivity contribution in [2.45, 2.75) is 17.9 Å². The van der Waals surface area contributed by atoms with Crippen molar-refractivity contribution in [3.8, 4) is 0 Å².